The molecule has 0 amide bonds. The largest absolute Gasteiger partial charge is 0.393 e. The molecule has 6 rings (SSSR count). The average molecular weight is 345 g/mol. The molecule has 6 fully saturated rings. The summed E-state index contributed by atoms with van der Waals surface area (Å²) in [6.07, 6.45) is 16.5. The first-order valence-corrected chi connectivity index (χ1v) is 11.4. The van der Waals surface area contributed by atoms with Gasteiger partial charge in [0.1, 0.15) is 0 Å². The third kappa shape index (κ3) is 1.94. The molecule has 2 spiro atoms. The quantitative estimate of drug-likeness (QED) is 0.631. The Morgan fingerprint density at radius 1 is 0.880 bits per heavy atom. The molecular formula is C23H36O2. The van der Waals surface area contributed by atoms with Gasteiger partial charge in [-0.15, -0.1) is 0 Å². The van der Waals surface area contributed by atoms with Crippen molar-refractivity contribution in [3.63, 3.8) is 0 Å². The zero-order chi connectivity index (χ0) is 16.9. The van der Waals surface area contributed by atoms with E-state index in [-0.39, 0.29) is 6.10 Å². The Balaban J connectivity index is 1.33. The first kappa shape index (κ1) is 15.9. The van der Waals surface area contributed by atoms with Gasteiger partial charge in [0.05, 0.1) is 18.3 Å². The smallest absolute Gasteiger partial charge is 0.0949 e. The Labute approximate surface area is 153 Å². The maximum absolute atomic E-state index is 10.2. The molecule has 0 bridgehead atoms. The molecule has 1 N–H and O–H groups in total. The molecule has 1 heterocycles. The molecule has 5 aliphatic carbocycles. The van der Waals surface area contributed by atoms with Crippen molar-refractivity contribution in [2.75, 3.05) is 6.61 Å². The normalized spacial score (nSPS) is 62.6. The molecule has 0 aromatic carbocycles. The Morgan fingerprint density at radius 2 is 1.76 bits per heavy atom. The summed E-state index contributed by atoms with van der Waals surface area (Å²) in [5, 5.41) is 10.2. The summed E-state index contributed by atoms with van der Waals surface area (Å²) in [6.45, 7) is 3.70. The monoisotopic (exact) mass is 344 g/mol. The SMILES string of the molecule is C[C@]12CC[C@@H](O)C[C@@H]1CCC1C3CCC4C3(CCC[C@]43CO3)CCC12. The lowest BCUT2D eigenvalue weighted by Gasteiger charge is -2.62. The summed E-state index contributed by atoms with van der Waals surface area (Å²) in [4.78, 5) is 0. The maximum atomic E-state index is 10.2. The molecule has 5 saturated carbocycles. The van der Waals surface area contributed by atoms with Crippen molar-refractivity contribution in [3.05, 3.63) is 0 Å². The van der Waals surface area contributed by atoms with E-state index in [9.17, 15) is 5.11 Å². The van der Waals surface area contributed by atoms with Crippen LogP contribution in [-0.2, 0) is 4.74 Å². The first-order chi connectivity index (χ1) is 12.1. The van der Waals surface area contributed by atoms with Crippen LogP contribution >= 0.6 is 0 Å². The van der Waals surface area contributed by atoms with E-state index in [1.54, 1.807) is 0 Å². The topological polar surface area (TPSA) is 32.8 Å². The van der Waals surface area contributed by atoms with E-state index in [1.807, 2.05) is 0 Å². The summed E-state index contributed by atoms with van der Waals surface area (Å²) in [5.41, 5.74) is 1.54. The lowest BCUT2D eigenvalue weighted by atomic mass is 9.43. The highest BCUT2D eigenvalue weighted by Crippen LogP contribution is 2.73. The molecule has 1 saturated heterocycles. The van der Waals surface area contributed by atoms with Gasteiger partial charge in [-0.05, 0) is 117 Å². The number of ether oxygens (including phenoxy) is 1. The fourth-order valence-electron chi connectivity index (χ4n) is 9.65. The molecule has 9 atom stereocenters. The van der Waals surface area contributed by atoms with Crippen LogP contribution in [0.2, 0.25) is 0 Å². The highest BCUT2D eigenvalue weighted by atomic mass is 16.6. The number of aliphatic hydroxyl groups is 1. The lowest BCUT2D eigenvalue weighted by molar-refractivity contribution is -0.142. The van der Waals surface area contributed by atoms with Crippen LogP contribution in [-0.4, -0.2) is 23.4 Å². The van der Waals surface area contributed by atoms with Gasteiger partial charge in [0.15, 0.2) is 0 Å². The average Bonchev–Trinajstić information content (AvgIpc) is 3.24. The van der Waals surface area contributed by atoms with Gasteiger partial charge < -0.3 is 9.84 Å². The number of hydrogen-bond donors (Lipinski definition) is 1. The van der Waals surface area contributed by atoms with Crippen molar-refractivity contribution in [2.24, 2.45) is 40.4 Å². The second-order valence-electron chi connectivity index (χ2n) is 11.2. The van der Waals surface area contributed by atoms with Gasteiger partial charge in [-0.3, -0.25) is 0 Å². The zero-order valence-electron chi connectivity index (χ0n) is 16.0. The highest BCUT2D eigenvalue weighted by Gasteiger charge is 2.69. The fraction of sp³-hybridized carbons (Fsp3) is 1.00. The minimum absolute atomic E-state index is 0.00867. The van der Waals surface area contributed by atoms with Crippen molar-refractivity contribution in [3.8, 4) is 0 Å². The van der Waals surface area contributed by atoms with Crippen LogP contribution in [0.15, 0.2) is 0 Å². The molecule has 25 heavy (non-hydrogen) atoms. The van der Waals surface area contributed by atoms with E-state index in [0.717, 1.165) is 49.0 Å². The van der Waals surface area contributed by atoms with Crippen LogP contribution < -0.4 is 0 Å². The standard InChI is InChI=1S/C23H36O2/c1-21-11-7-16(24)13-15(21)3-4-17-18(21)8-12-22-9-2-10-23(14-25-23)20(22)6-5-19(17)22/h15-20,24H,2-14H2,1H3/t15-,16+,17?,18?,19?,20?,21-,22?,23-/m0/s1. The summed E-state index contributed by atoms with van der Waals surface area (Å²) < 4.78 is 6.12. The van der Waals surface area contributed by atoms with Gasteiger partial charge in [-0.25, -0.2) is 0 Å². The Hall–Kier alpha value is -0.0800. The predicted molar refractivity (Wildman–Crippen MR) is 98.1 cm³/mol. The molecule has 5 unspecified atom stereocenters. The molecule has 0 radical (unpaired) electrons. The summed E-state index contributed by atoms with van der Waals surface area (Å²) >= 11 is 0. The molecule has 0 aromatic rings. The molecule has 0 aromatic heterocycles. The van der Waals surface area contributed by atoms with Crippen LogP contribution in [0.25, 0.3) is 0 Å². The van der Waals surface area contributed by atoms with E-state index >= 15 is 0 Å². The van der Waals surface area contributed by atoms with E-state index in [1.165, 1.54) is 64.2 Å². The summed E-state index contributed by atoms with van der Waals surface area (Å²) in [5.74, 6) is 4.64. The van der Waals surface area contributed by atoms with Crippen molar-refractivity contribution in [2.45, 2.75) is 95.7 Å². The van der Waals surface area contributed by atoms with Gasteiger partial charge in [-0.1, -0.05) is 6.92 Å². The minimum Gasteiger partial charge on any atom is -0.393 e. The van der Waals surface area contributed by atoms with Crippen LogP contribution in [0.5, 0.6) is 0 Å². The van der Waals surface area contributed by atoms with Gasteiger partial charge in [0.2, 0.25) is 0 Å². The highest BCUT2D eigenvalue weighted by molar-refractivity contribution is 5.18. The number of epoxide rings is 1. The molecule has 140 valence electrons. The first-order valence-electron chi connectivity index (χ1n) is 11.4. The summed E-state index contributed by atoms with van der Waals surface area (Å²) in [7, 11) is 0. The lowest BCUT2D eigenvalue weighted by Crippen LogP contribution is -2.56. The van der Waals surface area contributed by atoms with E-state index in [4.69, 9.17) is 4.74 Å². The van der Waals surface area contributed by atoms with Crippen molar-refractivity contribution in [1.82, 2.24) is 0 Å². The summed E-state index contributed by atoms with van der Waals surface area (Å²) in [6, 6.07) is 0. The second-order valence-corrected chi connectivity index (χ2v) is 11.2. The number of rotatable bonds is 0. The fourth-order valence-corrected chi connectivity index (χ4v) is 9.65. The van der Waals surface area contributed by atoms with E-state index < -0.39 is 0 Å². The van der Waals surface area contributed by atoms with Gasteiger partial charge in [0, 0.05) is 0 Å². The van der Waals surface area contributed by atoms with Crippen LogP contribution in [0.1, 0.15) is 84.0 Å². The molecule has 6 aliphatic rings. The van der Waals surface area contributed by atoms with Gasteiger partial charge in [0.25, 0.3) is 0 Å². The van der Waals surface area contributed by atoms with Gasteiger partial charge >= 0.3 is 0 Å². The number of aliphatic hydroxyl groups excluding tert-OH is 1. The Bertz CT molecular complexity index is 568. The molecule has 2 heteroatoms. The zero-order valence-corrected chi connectivity index (χ0v) is 16.0. The number of fused-ring (bicyclic) bond motifs is 5. The van der Waals surface area contributed by atoms with Crippen molar-refractivity contribution >= 4 is 0 Å². The molecule has 2 nitrogen and oxygen atoms in total. The Morgan fingerprint density at radius 3 is 2.60 bits per heavy atom. The Kier molecular flexibility index (Phi) is 3.21. The van der Waals surface area contributed by atoms with Crippen LogP contribution in [0, 0.1) is 40.4 Å². The van der Waals surface area contributed by atoms with Crippen LogP contribution in [0.3, 0.4) is 0 Å². The molecular weight excluding hydrogens is 308 g/mol. The van der Waals surface area contributed by atoms with Crippen molar-refractivity contribution in [1.29, 1.82) is 0 Å². The second kappa shape index (κ2) is 5.04. The predicted octanol–water partition coefficient (Wildman–Crippen LogP) is 4.94. The third-order valence-corrected chi connectivity index (χ3v) is 10.7. The maximum Gasteiger partial charge on any atom is 0.0949 e. The minimum atomic E-state index is -0.00867. The third-order valence-electron chi connectivity index (χ3n) is 10.7. The van der Waals surface area contributed by atoms with Crippen molar-refractivity contribution < 1.29 is 9.84 Å². The number of hydrogen-bond acceptors (Lipinski definition) is 2. The van der Waals surface area contributed by atoms with Crippen LogP contribution in [0.4, 0.5) is 0 Å². The van der Waals surface area contributed by atoms with Gasteiger partial charge in [-0.2, -0.15) is 0 Å². The van der Waals surface area contributed by atoms with E-state index in [2.05, 4.69) is 6.92 Å². The van der Waals surface area contributed by atoms with E-state index in [0.29, 0.717) is 16.4 Å². The molecule has 1 aliphatic heterocycles.